The fourth-order valence-electron chi connectivity index (χ4n) is 1.61. The van der Waals surface area contributed by atoms with Crippen LogP contribution >= 0.6 is 0 Å². The number of benzene rings is 2. The van der Waals surface area contributed by atoms with Gasteiger partial charge in [-0.25, -0.2) is 0 Å². The van der Waals surface area contributed by atoms with Crippen LogP contribution in [0, 0.1) is 18.3 Å². The Hall–Kier alpha value is -2.27. The summed E-state index contributed by atoms with van der Waals surface area (Å²) in [5, 5.41) is 8.41. The predicted octanol–water partition coefficient (Wildman–Crippen LogP) is 3.56. The van der Waals surface area contributed by atoms with Crippen molar-refractivity contribution >= 4 is 0 Å². The molecule has 0 amide bonds. The van der Waals surface area contributed by atoms with Gasteiger partial charge in [0, 0.05) is 0 Å². The van der Waals surface area contributed by atoms with Gasteiger partial charge in [0.15, 0.2) is 6.61 Å². The Morgan fingerprint density at radius 2 is 1.47 bits per heavy atom. The van der Waals surface area contributed by atoms with Crippen LogP contribution in [0.1, 0.15) is 5.56 Å². The van der Waals surface area contributed by atoms with E-state index in [4.69, 9.17) is 10.00 Å². The highest BCUT2D eigenvalue weighted by Crippen LogP contribution is 2.22. The summed E-state index contributed by atoms with van der Waals surface area (Å²) in [5.74, 6) is 0.724. The molecular weight excluding hydrogens is 210 g/mol. The Bertz CT molecular complexity index is 520. The van der Waals surface area contributed by atoms with Crippen molar-refractivity contribution in [1.82, 2.24) is 0 Å². The lowest BCUT2D eigenvalue weighted by Crippen LogP contribution is -1.92. The second kappa shape index (κ2) is 5.18. The first-order valence-corrected chi connectivity index (χ1v) is 5.46. The van der Waals surface area contributed by atoms with Crippen molar-refractivity contribution < 1.29 is 4.74 Å². The van der Waals surface area contributed by atoms with Gasteiger partial charge in [0.05, 0.1) is 0 Å². The van der Waals surface area contributed by atoms with Crippen LogP contribution in [0.3, 0.4) is 0 Å². The molecule has 0 aromatic heterocycles. The van der Waals surface area contributed by atoms with Gasteiger partial charge < -0.3 is 4.74 Å². The monoisotopic (exact) mass is 223 g/mol. The molecule has 2 aromatic carbocycles. The van der Waals surface area contributed by atoms with Gasteiger partial charge in [0.2, 0.25) is 0 Å². The van der Waals surface area contributed by atoms with E-state index in [1.165, 1.54) is 11.1 Å². The van der Waals surface area contributed by atoms with Crippen LogP contribution in [-0.4, -0.2) is 6.61 Å². The van der Waals surface area contributed by atoms with Crippen LogP contribution in [0.4, 0.5) is 0 Å². The smallest absolute Gasteiger partial charge is 0.174 e. The maximum Gasteiger partial charge on any atom is 0.174 e. The van der Waals surface area contributed by atoms with Crippen molar-refractivity contribution in [3.05, 3.63) is 54.1 Å². The summed E-state index contributed by atoms with van der Waals surface area (Å²) in [6.07, 6.45) is 0. The van der Waals surface area contributed by atoms with E-state index >= 15 is 0 Å². The number of hydrogen-bond donors (Lipinski definition) is 0. The van der Waals surface area contributed by atoms with E-state index in [2.05, 4.69) is 31.2 Å². The molecule has 0 saturated heterocycles. The summed E-state index contributed by atoms with van der Waals surface area (Å²) in [6, 6.07) is 18.1. The van der Waals surface area contributed by atoms with Crippen LogP contribution < -0.4 is 4.74 Å². The Balaban J connectivity index is 2.18. The van der Waals surface area contributed by atoms with Gasteiger partial charge >= 0.3 is 0 Å². The number of nitriles is 1. The van der Waals surface area contributed by atoms with Gasteiger partial charge in [-0.05, 0) is 30.2 Å². The van der Waals surface area contributed by atoms with E-state index in [1.807, 2.05) is 30.3 Å². The molecule has 2 rings (SSSR count). The summed E-state index contributed by atoms with van der Waals surface area (Å²) in [6.45, 7) is 2.16. The molecule has 0 atom stereocenters. The Kier molecular flexibility index (Phi) is 3.42. The Morgan fingerprint density at radius 1 is 0.941 bits per heavy atom. The van der Waals surface area contributed by atoms with Crippen LogP contribution in [0.25, 0.3) is 11.1 Å². The van der Waals surface area contributed by atoms with Crippen LogP contribution in [0.5, 0.6) is 5.75 Å². The largest absolute Gasteiger partial charge is 0.479 e. The number of nitrogens with zero attached hydrogens (tertiary/aromatic N) is 1. The highest BCUT2D eigenvalue weighted by molar-refractivity contribution is 5.64. The van der Waals surface area contributed by atoms with Crippen molar-refractivity contribution in [3.8, 4) is 22.9 Å². The average molecular weight is 223 g/mol. The van der Waals surface area contributed by atoms with Crippen LogP contribution in [-0.2, 0) is 0 Å². The van der Waals surface area contributed by atoms with Gasteiger partial charge in [0.25, 0.3) is 0 Å². The van der Waals surface area contributed by atoms with E-state index in [-0.39, 0.29) is 6.61 Å². The van der Waals surface area contributed by atoms with Gasteiger partial charge in [0.1, 0.15) is 11.8 Å². The van der Waals surface area contributed by atoms with Gasteiger partial charge in [-0.15, -0.1) is 0 Å². The summed E-state index contributed by atoms with van der Waals surface area (Å²) >= 11 is 0. The lowest BCUT2D eigenvalue weighted by molar-refractivity contribution is 0.368. The maximum absolute atomic E-state index is 8.41. The summed E-state index contributed by atoms with van der Waals surface area (Å²) in [7, 11) is 0. The zero-order valence-corrected chi connectivity index (χ0v) is 9.68. The van der Waals surface area contributed by atoms with Crippen molar-refractivity contribution in [2.75, 3.05) is 6.61 Å². The minimum atomic E-state index is 0.0872. The second-order valence-electron chi connectivity index (χ2n) is 3.84. The van der Waals surface area contributed by atoms with E-state index < -0.39 is 0 Å². The first kappa shape index (κ1) is 11.2. The molecule has 0 spiro atoms. The quantitative estimate of drug-likeness (QED) is 0.797. The third-order valence-electron chi connectivity index (χ3n) is 2.54. The maximum atomic E-state index is 8.41. The zero-order chi connectivity index (χ0) is 12.1. The third kappa shape index (κ3) is 2.85. The molecule has 0 aliphatic heterocycles. The molecule has 0 fully saturated rings. The zero-order valence-electron chi connectivity index (χ0n) is 9.68. The van der Waals surface area contributed by atoms with Crippen molar-refractivity contribution in [2.24, 2.45) is 0 Å². The topological polar surface area (TPSA) is 33.0 Å². The van der Waals surface area contributed by atoms with E-state index in [0.29, 0.717) is 0 Å². The molecule has 17 heavy (non-hydrogen) atoms. The summed E-state index contributed by atoms with van der Waals surface area (Å²) in [4.78, 5) is 0. The first-order chi connectivity index (χ1) is 8.29. The number of ether oxygens (including phenoxy) is 1. The molecule has 0 saturated carbocycles. The Morgan fingerprint density at radius 3 is 2.00 bits per heavy atom. The van der Waals surface area contributed by atoms with Crippen molar-refractivity contribution in [1.29, 1.82) is 5.26 Å². The van der Waals surface area contributed by atoms with Crippen molar-refractivity contribution in [3.63, 3.8) is 0 Å². The van der Waals surface area contributed by atoms with Crippen molar-refractivity contribution in [2.45, 2.75) is 6.92 Å². The predicted molar refractivity (Wildman–Crippen MR) is 67.7 cm³/mol. The molecule has 0 bridgehead atoms. The highest BCUT2D eigenvalue weighted by Gasteiger charge is 1.98. The third-order valence-corrected chi connectivity index (χ3v) is 2.54. The summed E-state index contributed by atoms with van der Waals surface area (Å²) < 4.78 is 5.20. The van der Waals surface area contributed by atoms with E-state index in [1.54, 1.807) is 0 Å². The lowest BCUT2D eigenvalue weighted by atomic mass is 10.0. The van der Waals surface area contributed by atoms with Gasteiger partial charge in [-0.1, -0.05) is 42.0 Å². The lowest BCUT2D eigenvalue weighted by Gasteiger charge is -2.04. The van der Waals surface area contributed by atoms with Gasteiger partial charge in [-0.2, -0.15) is 5.26 Å². The molecule has 0 heterocycles. The highest BCUT2D eigenvalue weighted by atomic mass is 16.5. The minimum Gasteiger partial charge on any atom is -0.479 e. The normalized spacial score (nSPS) is 9.65. The summed E-state index contributed by atoms with van der Waals surface area (Å²) in [5.41, 5.74) is 3.58. The Labute approximate surface area is 101 Å². The SMILES string of the molecule is Cc1ccc(-c2ccc(OCC#N)cc2)cc1. The molecule has 0 radical (unpaired) electrons. The van der Waals surface area contributed by atoms with E-state index in [9.17, 15) is 0 Å². The standard InChI is InChI=1S/C15H13NO/c1-12-2-4-13(5-3-12)14-6-8-15(9-7-14)17-11-10-16/h2-9H,11H2,1H3. The van der Waals surface area contributed by atoms with Crippen LogP contribution in [0.15, 0.2) is 48.5 Å². The van der Waals surface area contributed by atoms with Crippen LogP contribution in [0.2, 0.25) is 0 Å². The molecule has 0 unspecified atom stereocenters. The molecule has 0 aliphatic rings. The molecule has 0 aliphatic carbocycles. The molecule has 0 N–H and O–H groups in total. The molecule has 84 valence electrons. The first-order valence-electron chi connectivity index (χ1n) is 5.46. The second-order valence-corrected chi connectivity index (χ2v) is 3.84. The fraction of sp³-hybridized carbons (Fsp3) is 0.133. The van der Waals surface area contributed by atoms with E-state index in [0.717, 1.165) is 11.3 Å². The molecular formula is C15H13NO. The minimum absolute atomic E-state index is 0.0872. The fourth-order valence-corrected chi connectivity index (χ4v) is 1.61. The number of hydrogen-bond acceptors (Lipinski definition) is 2. The average Bonchev–Trinajstić information content (AvgIpc) is 2.38. The van der Waals surface area contributed by atoms with Gasteiger partial charge in [-0.3, -0.25) is 0 Å². The molecule has 2 heteroatoms. The number of aryl methyl sites for hydroxylation is 1. The number of rotatable bonds is 3. The molecule has 2 nitrogen and oxygen atoms in total. The molecule has 2 aromatic rings.